The summed E-state index contributed by atoms with van der Waals surface area (Å²) in [6, 6.07) is 8.65. The van der Waals surface area contributed by atoms with Crippen molar-refractivity contribution >= 4 is 5.82 Å². The second-order valence-electron chi connectivity index (χ2n) is 8.22. The van der Waals surface area contributed by atoms with E-state index in [0.717, 1.165) is 19.4 Å². The average Bonchev–Trinajstić information content (AvgIpc) is 3.29. The molecule has 1 saturated carbocycles. The molecule has 0 amide bonds. The molecule has 2 aliphatic heterocycles. The van der Waals surface area contributed by atoms with Crippen LogP contribution in [0.3, 0.4) is 0 Å². The summed E-state index contributed by atoms with van der Waals surface area (Å²) in [5, 5.41) is 26.8. The molecule has 0 spiro atoms. The molecule has 4 heterocycles. The molecule has 2 bridgehead atoms. The number of nitrogens with zero attached hydrogens (tertiary/aromatic N) is 7. The minimum Gasteiger partial charge on any atom is -0.507 e. The van der Waals surface area contributed by atoms with Gasteiger partial charge in [-0.1, -0.05) is 5.21 Å². The summed E-state index contributed by atoms with van der Waals surface area (Å²) in [5.41, 5.74) is 1.82. The minimum absolute atomic E-state index is 0.0184. The van der Waals surface area contributed by atoms with Crippen LogP contribution in [0, 0.1) is 5.92 Å². The zero-order chi connectivity index (χ0) is 20.8. The van der Waals surface area contributed by atoms with Gasteiger partial charge in [0.05, 0.1) is 29.8 Å². The van der Waals surface area contributed by atoms with E-state index in [2.05, 4.69) is 25.4 Å². The third kappa shape index (κ3) is 3.09. The van der Waals surface area contributed by atoms with Gasteiger partial charge in [-0.3, -0.25) is 0 Å². The Morgan fingerprint density at radius 1 is 1.17 bits per heavy atom. The van der Waals surface area contributed by atoms with Gasteiger partial charge in [0.1, 0.15) is 11.9 Å². The van der Waals surface area contributed by atoms with Gasteiger partial charge in [-0.05, 0) is 50.1 Å². The van der Waals surface area contributed by atoms with Crippen molar-refractivity contribution in [2.75, 3.05) is 25.5 Å². The number of rotatable bonds is 4. The van der Waals surface area contributed by atoms with Gasteiger partial charge in [-0.2, -0.15) is 0 Å². The number of phenols is 1. The minimum atomic E-state index is -0.901. The Balaban J connectivity index is 1.37. The summed E-state index contributed by atoms with van der Waals surface area (Å²) in [6.45, 7) is 0.914. The van der Waals surface area contributed by atoms with Crippen LogP contribution in [0.1, 0.15) is 12.8 Å². The molecule has 9 heteroatoms. The first-order valence-corrected chi connectivity index (χ1v) is 10.1. The van der Waals surface area contributed by atoms with E-state index in [1.54, 1.807) is 29.2 Å². The number of halogens is 1. The molecule has 2 saturated heterocycles. The van der Waals surface area contributed by atoms with Crippen molar-refractivity contribution in [3.05, 3.63) is 42.7 Å². The van der Waals surface area contributed by atoms with Crippen LogP contribution in [-0.4, -0.2) is 74.1 Å². The van der Waals surface area contributed by atoms with Crippen molar-refractivity contribution in [2.45, 2.75) is 31.1 Å². The van der Waals surface area contributed by atoms with E-state index in [4.69, 9.17) is 0 Å². The highest BCUT2D eigenvalue weighted by Gasteiger charge is 2.48. The van der Waals surface area contributed by atoms with Crippen LogP contribution < -0.4 is 4.90 Å². The van der Waals surface area contributed by atoms with Crippen molar-refractivity contribution in [1.82, 2.24) is 30.1 Å². The Kier molecular flexibility index (Phi) is 4.62. The Bertz CT molecular complexity index is 1020. The fourth-order valence-corrected chi connectivity index (χ4v) is 4.94. The lowest BCUT2D eigenvalue weighted by Gasteiger charge is -2.52. The third-order valence-corrected chi connectivity index (χ3v) is 6.50. The van der Waals surface area contributed by atoms with E-state index < -0.39 is 6.17 Å². The number of piperidine rings is 2. The Morgan fingerprint density at radius 2 is 2.03 bits per heavy atom. The molecule has 1 aromatic carbocycles. The average molecular weight is 409 g/mol. The zero-order valence-electron chi connectivity index (χ0n) is 16.9. The van der Waals surface area contributed by atoms with Crippen molar-refractivity contribution in [3.8, 4) is 22.7 Å². The Labute approximate surface area is 174 Å². The predicted molar refractivity (Wildman–Crippen MR) is 110 cm³/mol. The lowest BCUT2D eigenvalue weighted by Crippen LogP contribution is -2.64. The molecular weight excluding hydrogens is 385 g/mol. The van der Waals surface area contributed by atoms with E-state index in [9.17, 15) is 5.11 Å². The summed E-state index contributed by atoms with van der Waals surface area (Å²) >= 11 is 0. The molecule has 1 N–H and O–H groups in total. The SMILES string of the molecule is CN1C[C@H]2CCC1C(F)C2N(C)c1ccc(-c2ccc(-n3ccnn3)cc2O)nn1. The number of fused-ring (bicyclic) bond motifs is 3. The molecule has 8 nitrogen and oxygen atoms in total. The maximum atomic E-state index is 15.1. The molecule has 3 aromatic rings. The predicted octanol–water partition coefficient (Wildman–Crippen LogP) is 2.30. The number of phenolic OH excluding ortho intramolecular Hbond substituents is 1. The fourth-order valence-electron chi connectivity index (χ4n) is 4.94. The van der Waals surface area contributed by atoms with E-state index in [-0.39, 0.29) is 23.8 Å². The third-order valence-electron chi connectivity index (χ3n) is 6.50. The van der Waals surface area contributed by atoms with Crippen molar-refractivity contribution in [1.29, 1.82) is 0 Å². The standard InChI is InChI=1S/C21H24FN7O/c1-27-12-13-3-7-17(27)20(22)21(13)28(2)19-8-6-16(24-25-19)15-5-4-14(11-18(15)30)29-10-9-23-26-29/h4-6,8-11,13,17,20-21,30H,3,7,12H2,1-2H3/t13-,17?,20?,21?/m1/s1. The number of benzene rings is 1. The molecule has 1 aliphatic carbocycles. The summed E-state index contributed by atoms with van der Waals surface area (Å²) < 4.78 is 16.7. The van der Waals surface area contributed by atoms with Crippen LogP contribution >= 0.6 is 0 Å². The molecule has 3 aliphatic rings. The van der Waals surface area contributed by atoms with Crippen LogP contribution in [0.15, 0.2) is 42.7 Å². The van der Waals surface area contributed by atoms with Gasteiger partial charge in [0.2, 0.25) is 0 Å². The first kappa shape index (κ1) is 18.9. The first-order valence-electron chi connectivity index (χ1n) is 10.1. The maximum Gasteiger partial charge on any atom is 0.151 e. The molecular formula is C21H24FN7O. The molecule has 3 unspecified atom stereocenters. The van der Waals surface area contributed by atoms with E-state index in [1.165, 1.54) is 0 Å². The molecule has 4 atom stereocenters. The highest BCUT2D eigenvalue weighted by atomic mass is 19.1. The molecule has 2 aromatic heterocycles. The number of hydrogen-bond acceptors (Lipinski definition) is 7. The monoisotopic (exact) mass is 409 g/mol. The molecule has 156 valence electrons. The van der Waals surface area contributed by atoms with E-state index >= 15 is 4.39 Å². The van der Waals surface area contributed by atoms with Crippen molar-refractivity contribution < 1.29 is 9.50 Å². The van der Waals surface area contributed by atoms with Gasteiger partial charge in [-0.15, -0.1) is 15.3 Å². The van der Waals surface area contributed by atoms with Gasteiger partial charge >= 0.3 is 0 Å². The van der Waals surface area contributed by atoms with Gasteiger partial charge in [0.25, 0.3) is 0 Å². The van der Waals surface area contributed by atoms with Crippen LogP contribution in [0.2, 0.25) is 0 Å². The second-order valence-corrected chi connectivity index (χ2v) is 8.22. The van der Waals surface area contributed by atoms with Crippen molar-refractivity contribution in [3.63, 3.8) is 0 Å². The van der Waals surface area contributed by atoms with Crippen LogP contribution in [0.4, 0.5) is 10.2 Å². The van der Waals surface area contributed by atoms with E-state index in [0.29, 0.717) is 22.8 Å². The number of aromatic hydroxyl groups is 1. The Morgan fingerprint density at radius 3 is 2.67 bits per heavy atom. The number of alkyl halides is 1. The van der Waals surface area contributed by atoms with Crippen molar-refractivity contribution in [2.24, 2.45) is 5.92 Å². The highest BCUT2D eigenvalue weighted by Crippen LogP contribution is 2.39. The van der Waals surface area contributed by atoms with Gasteiger partial charge < -0.3 is 14.9 Å². The maximum absolute atomic E-state index is 15.1. The normalized spacial score (nSPS) is 26.1. The molecule has 0 radical (unpaired) electrons. The van der Waals surface area contributed by atoms with Crippen LogP contribution in [0.5, 0.6) is 5.75 Å². The summed E-state index contributed by atoms with van der Waals surface area (Å²) in [4.78, 5) is 4.07. The molecule has 6 rings (SSSR count). The lowest BCUT2D eigenvalue weighted by atomic mass is 9.74. The largest absolute Gasteiger partial charge is 0.507 e. The van der Waals surface area contributed by atoms with Gasteiger partial charge in [-0.25, -0.2) is 9.07 Å². The first-order chi connectivity index (χ1) is 14.5. The Hall–Kier alpha value is -3.07. The molecule has 3 fully saturated rings. The van der Waals surface area contributed by atoms with Crippen LogP contribution in [0.25, 0.3) is 16.9 Å². The highest BCUT2D eigenvalue weighted by molar-refractivity contribution is 5.69. The lowest BCUT2D eigenvalue weighted by molar-refractivity contribution is -0.0177. The number of anilines is 1. The molecule has 30 heavy (non-hydrogen) atoms. The quantitative estimate of drug-likeness (QED) is 0.708. The number of aromatic nitrogens is 5. The summed E-state index contributed by atoms with van der Waals surface area (Å²) in [5.74, 6) is 1.00. The zero-order valence-corrected chi connectivity index (χ0v) is 16.9. The van der Waals surface area contributed by atoms with Gasteiger partial charge in [0, 0.05) is 31.3 Å². The fraction of sp³-hybridized carbons (Fsp3) is 0.429. The van der Waals surface area contributed by atoms with Gasteiger partial charge in [0.15, 0.2) is 5.82 Å². The van der Waals surface area contributed by atoms with E-state index in [1.807, 2.05) is 37.2 Å². The topological polar surface area (TPSA) is 83.2 Å². The summed E-state index contributed by atoms with van der Waals surface area (Å²) in [6.07, 6.45) is 4.34. The van der Waals surface area contributed by atoms with Crippen LogP contribution in [-0.2, 0) is 0 Å². The summed E-state index contributed by atoms with van der Waals surface area (Å²) in [7, 11) is 3.90. The number of hydrogen-bond donors (Lipinski definition) is 1. The smallest absolute Gasteiger partial charge is 0.151 e. The second kappa shape index (κ2) is 7.32.